The normalized spacial score (nSPS) is 11.5. The number of rotatable bonds is 7. The van der Waals surface area contributed by atoms with Crippen LogP contribution in [0.15, 0.2) is 237 Å². The average molecular weight is 790 g/mol. The lowest BCUT2D eigenvalue weighted by atomic mass is 10.00. The van der Waals surface area contributed by atoms with Crippen molar-refractivity contribution in [3.05, 3.63) is 237 Å². The van der Waals surface area contributed by atoms with E-state index in [1.807, 2.05) is 0 Å². The molecule has 0 radical (unpaired) electrons. The SMILES string of the molecule is c1ccc(-c2ccc(-c3ccc(-n4c5ccccc5c5ccc(-c6ccc7c(c6)c6ccccc6n7-c6cc(-c7ccccc7)cc(-c7ccccc7)n6)cc54)cc3)cc2)cc1. The monoisotopic (exact) mass is 789 g/mol. The Hall–Kier alpha value is -8.27. The van der Waals surface area contributed by atoms with E-state index >= 15 is 0 Å². The Labute approximate surface area is 360 Å². The highest BCUT2D eigenvalue weighted by atomic mass is 15.1. The minimum absolute atomic E-state index is 0.894. The molecule has 62 heavy (non-hydrogen) atoms. The third-order valence-corrected chi connectivity index (χ3v) is 12.3. The third kappa shape index (κ3) is 6.10. The number of nitrogens with zero attached hydrogens (tertiary/aromatic N) is 3. The van der Waals surface area contributed by atoms with Crippen LogP contribution in [0.2, 0.25) is 0 Å². The van der Waals surface area contributed by atoms with Crippen molar-refractivity contribution >= 4 is 43.6 Å². The molecule has 3 aromatic heterocycles. The Morgan fingerprint density at radius 2 is 0.677 bits per heavy atom. The van der Waals surface area contributed by atoms with Crippen LogP contribution >= 0.6 is 0 Å². The Bertz CT molecular complexity index is 3520. The smallest absolute Gasteiger partial charge is 0.138 e. The first-order valence-corrected chi connectivity index (χ1v) is 21.2. The minimum Gasteiger partial charge on any atom is -0.309 e. The summed E-state index contributed by atoms with van der Waals surface area (Å²) in [6, 6.07) is 85.2. The maximum Gasteiger partial charge on any atom is 0.138 e. The fourth-order valence-corrected chi connectivity index (χ4v) is 9.30. The molecule has 0 amide bonds. The number of hydrogen-bond donors (Lipinski definition) is 0. The second-order valence-corrected chi connectivity index (χ2v) is 16.0. The van der Waals surface area contributed by atoms with Crippen LogP contribution in [0.3, 0.4) is 0 Å². The van der Waals surface area contributed by atoms with E-state index in [4.69, 9.17) is 4.98 Å². The standard InChI is InChI=1S/C59H39N3/c1-4-14-40(15-5-1)42-24-26-43(27-25-42)44-28-32-49(33-29-44)61-55-22-12-10-20-50(55)52-34-30-47(38-58(52)61)46-31-35-57-53(36-46)51-21-11-13-23-56(51)62(57)59-39-48(41-16-6-2-7-17-41)37-54(60-59)45-18-8-3-9-19-45/h1-39H. The van der Waals surface area contributed by atoms with E-state index < -0.39 is 0 Å². The summed E-state index contributed by atoms with van der Waals surface area (Å²) in [5, 5.41) is 4.87. The Morgan fingerprint density at radius 1 is 0.242 bits per heavy atom. The van der Waals surface area contributed by atoms with Crippen molar-refractivity contribution < 1.29 is 0 Å². The van der Waals surface area contributed by atoms with E-state index in [-0.39, 0.29) is 0 Å². The third-order valence-electron chi connectivity index (χ3n) is 12.3. The molecular formula is C59H39N3. The van der Waals surface area contributed by atoms with E-state index in [0.717, 1.165) is 44.9 Å². The molecule has 0 saturated carbocycles. The van der Waals surface area contributed by atoms with Crippen LogP contribution in [-0.4, -0.2) is 14.1 Å². The predicted molar refractivity (Wildman–Crippen MR) is 260 cm³/mol. The fraction of sp³-hybridized carbons (Fsp3) is 0. The molecule has 0 N–H and O–H groups in total. The molecule has 12 aromatic rings. The number of fused-ring (bicyclic) bond motifs is 6. The van der Waals surface area contributed by atoms with Crippen LogP contribution in [0.5, 0.6) is 0 Å². The lowest BCUT2D eigenvalue weighted by Gasteiger charge is -2.13. The van der Waals surface area contributed by atoms with Gasteiger partial charge in [-0.15, -0.1) is 0 Å². The Kier molecular flexibility index (Phi) is 8.50. The van der Waals surface area contributed by atoms with Crippen LogP contribution < -0.4 is 0 Å². The van der Waals surface area contributed by atoms with Gasteiger partial charge in [0.05, 0.1) is 27.8 Å². The minimum atomic E-state index is 0.894. The van der Waals surface area contributed by atoms with Crippen LogP contribution in [0.1, 0.15) is 0 Å². The molecule has 3 nitrogen and oxygen atoms in total. The first kappa shape index (κ1) is 35.7. The summed E-state index contributed by atoms with van der Waals surface area (Å²) in [7, 11) is 0. The number of aromatic nitrogens is 3. The highest BCUT2D eigenvalue weighted by molar-refractivity contribution is 6.12. The van der Waals surface area contributed by atoms with Gasteiger partial charge in [-0.1, -0.05) is 182 Å². The van der Waals surface area contributed by atoms with Crippen molar-refractivity contribution in [3.8, 4) is 67.3 Å². The summed E-state index contributed by atoms with van der Waals surface area (Å²) < 4.78 is 4.74. The first-order chi connectivity index (χ1) is 30.7. The Balaban J connectivity index is 0.967. The van der Waals surface area contributed by atoms with Gasteiger partial charge in [0.25, 0.3) is 0 Å². The van der Waals surface area contributed by atoms with Crippen molar-refractivity contribution in [2.75, 3.05) is 0 Å². The first-order valence-electron chi connectivity index (χ1n) is 21.2. The molecule has 0 spiro atoms. The second-order valence-electron chi connectivity index (χ2n) is 16.0. The van der Waals surface area contributed by atoms with Gasteiger partial charge in [-0.25, -0.2) is 4.98 Å². The molecule has 9 aromatic carbocycles. The van der Waals surface area contributed by atoms with Crippen molar-refractivity contribution in [2.24, 2.45) is 0 Å². The zero-order valence-corrected chi connectivity index (χ0v) is 33.9. The van der Waals surface area contributed by atoms with E-state index in [0.29, 0.717) is 0 Å². The quantitative estimate of drug-likeness (QED) is 0.158. The highest BCUT2D eigenvalue weighted by Gasteiger charge is 2.18. The molecule has 0 aliphatic heterocycles. The number of hydrogen-bond acceptors (Lipinski definition) is 1. The van der Waals surface area contributed by atoms with Gasteiger partial charge >= 0.3 is 0 Å². The number of benzene rings is 9. The summed E-state index contributed by atoms with van der Waals surface area (Å²) in [6.07, 6.45) is 0. The maximum atomic E-state index is 5.34. The fourth-order valence-electron chi connectivity index (χ4n) is 9.30. The number of pyridine rings is 1. The number of para-hydroxylation sites is 2. The van der Waals surface area contributed by atoms with E-state index in [1.54, 1.807) is 0 Å². The molecule has 3 heterocycles. The summed E-state index contributed by atoms with van der Waals surface area (Å²) in [6.45, 7) is 0. The van der Waals surface area contributed by atoms with Crippen LogP contribution in [0.4, 0.5) is 0 Å². The topological polar surface area (TPSA) is 22.8 Å². The summed E-state index contributed by atoms with van der Waals surface area (Å²) in [5.74, 6) is 0.894. The average Bonchev–Trinajstić information content (AvgIpc) is 3.87. The molecule has 0 unspecified atom stereocenters. The van der Waals surface area contributed by atoms with Crippen molar-refractivity contribution in [1.29, 1.82) is 0 Å². The lowest BCUT2D eigenvalue weighted by molar-refractivity contribution is 1.08. The summed E-state index contributed by atoms with van der Waals surface area (Å²) >= 11 is 0. The van der Waals surface area contributed by atoms with Crippen molar-refractivity contribution in [3.63, 3.8) is 0 Å². The van der Waals surface area contributed by atoms with Gasteiger partial charge in [0.15, 0.2) is 0 Å². The molecule has 290 valence electrons. The summed E-state index contributed by atoms with van der Waals surface area (Å²) in [5.41, 5.74) is 17.3. The van der Waals surface area contributed by atoms with Gasteiger partial charge in [0.1, 0.15) is 5.82 Å². The van der Waals surface area contributed by atoms with Crippen LogP contribution in [-0.2, 0) is 0 Å². The molecule has 3 heteroatoms. The molecular weight excluding hydrogens is 751 g/mol. The van der Waals surface area contributed by atoms with E-state index in [9.17, 15) is 0 Å². The van der Waals surface area contributed by atoms with Gasteiger partial charge in [0.2, 0.25) is 0 Å². The zero-order chi connectivity index (χ0) is 41.0. The van der Waals surface area contributed by atoms with Crippen LogP contribution in [0.25, 0.3) is 111 Å². The molecule has 0 aliphatic carbocycles. The van der Waals surface area contributed by atoms with Gasteiger partial charge in [0, 0.05) is 32.8 Å². The van der Waals surface area contributed by atoms with Crippen molar-refractivity contribution in [1.82, 2.24) is 14.1 Å². The molecule has 0 atom stereocenters. The molecule has 0 saturated heterocycles. The second kappa shape index (κ2) is 14.8. The van der Waals surface area contributed by atoms with Gasteiger partial charge in [-0.3, -0.25) is 4.57 Å². The maximum absolute atomic E-state index is 5.34. The van der Waals surface area contributed by atoms with Crippen LogP contribution in [0, 0.1) is 0 Å². The van der Waals surface area contributed by atoms with Crippen molar-refractivity contribution in [2.45, 2.75) is 0 Å². The van der Waals surface area contributed by atoms with Gasteiger partial charge < -0.3 is 4.57 Å². The molecule has 0 bridgehead atoms. The predicted octanol–water partition coefficient (Wildman–Crippen LogP) is 15.6. The Morgan fingerprint density at radius 3 is 1.32 bits per heavy atom. The van der Waals surface area contributed by atoms with Gasteiger partial charge in [-0.05, 0) is 99.1 Å². The zero-order valence-electron chi connectivity index (χ0n) is 33.9. The molecule has 12 rings (SSSR count). The lowest BCUT2D eigenvalue weighted by Crippen LogP contribution is -2.00. The van der Waals surface area contributed by atoms with E-state index in [1.165, 1.54) is 66.0 Å². The van der Waals surface area contributed by atoms with Gasteiger partial charge in [-0.2, -0.15) is 0 Å². The molecule has 0 fully saturated rings. The highest BCUT2D eigenvalue weighted by Crippen LogP contribution is 2.39. The van der Waals surface area contributed by atoms with E-state index in [2.05, 4.69) is 246 Å². The summed E-state index contributed by atoms with van der Waals surface area (Å²) in [4.78, 5) is 5.34. The molecule has 0 aliphatic rings. The largest absolute Gasteiger partial charge is 0.309 e.